The summed E-state index contributed by atoms with van der Waals surface area (Å²) in [7, 11) is 1.76. The molecule has 0 saturated heterocycles. The number of carboxylic acids is 1. The minimum atomic E-state index is -0.954. The highest BCUT2D eigenvalue weighted by atomic mass is 16.4. The first kappa shape index (κ1) is 14.6. The number of rotatable bonds is 3. The molecule has 1 amide bonds. The maximum absolute atomic E-state index is 12.6. The highest BCUT2D eigenvalue weighted by molar-refractivity contribution is 5.97. The summed E-state index contributed by atoms with van der Waals surface area (Å²) in [5.74, 6) is -0.829. The Morgan fingerprint density at radius 1 is 1.10 bits per heavy atom. The van der Waals surface area contributed by atoms with Crippen molar-refractivity contribution in [3.05, 3.63) is 29.8 Å². The summed E-state index contributed by atoms with van der Waals surface area (Å²) in [5.41, 5.74) is 0.698. The second-order valence-electron chi connectivity index (χ2n) is 5.84. The van der Waals surface area contributed by atoms with Crippen LogP contribution in [0.4, 0.5) is 5.69 Å². The minimum absolute atomic E-state index is 0.125. The average molecular weight is 275 g/mol. The minimum Gasteiger partial charge on any atom is -0.478 e. The van der Waals surface area contributed by atoms with Crippen LogP contribution in [0.25, 0.3) is 0 Å². The van der Waals surface area contributed by atoms with E-state index >= 15 is 0 Å². The average Bonchev–Trinajstić information content (AvgIpc) is 2.46. The molecule has 0 radical (unpaired) electrons. The summed E-state index contributed by atoms with van der Waals surface area (Å²) in [5, 5.41) is 8.89. The number of aromatic carboxylic acids is 1. The Labute approximate surface area is 119 Å². The van der Waals surface area contributed by atoms with Crippen LogP contribution in [0.5, 0.6) is 0 Å². The van der Waals surface area contributed by atoms with E-state index in [-0.39, 0.29) is 16.9 Å². The Morgan fingerprint density at radius 3 is 2.15 bits per heavy atom. The van der Waals surface area contributed by atoms with Crippen LogP contribution in [-0.4, -0.2) is 24.0 Å². The number of amides is 1. The zero-order valence-electron chi connectivity index (χ0n) is 12.1. The fourth-order valence-electron chi connectivity index (χ4n) is 2.90. The Hall–Kier alpha value is -1.84. The van der Waals surface area contributed by atoms with E-state index in [4.69, 9.17) is 5.11 Å². The van der Waals surface area contributed by atoms with E-state index < -0.39 is 5.97 Å². The van der Waals surface area contributed by atoms with Crippen molar-refractivity contribution < 1.29 is 14.7 Å². The largest absolute Gasteiger partial charge is 0.478 e. The van der Waals surface area contributed by atoms with Crippen LogP contribution < -0.4 is 4.90 Å². The zero-order valence-corrected chi connectivity index (χ0v) is 12.1. The summed E-state index contributed by atoms with van der Waals surface area (Å²) in [6.45, 7) is 2.04. The van der Waals surface area contributed by atoms with Gasteiger partial charge in [-0.3, -0.25) is 4.79 Å². The van der Waals surface area contributed by atoms with Crippen molar-refractivity contribution in [3.63, 3.8) is 0 Å². The Morgan fingerprint density at radius 2 is 1.65 bits per heavy atom. The molecule has 0 unspecified atom stereocenters. The lowest BCUT2D eigenvalue weighted by Gasteiger charge is -2.35. The molecule has 0 atom stereocenters. The van der Waals surface area contributed by atoms with Crippen LogP contribution in [0.3, 0.4) is 0 Å². The summed E-state index contributed by atoms with van der Waals surface area (Å²) < 4.78 is 0. The van der Waals surface area contributed by atoms with Crippen LogP contribution in [0, 0.1) is 5.41 Å². The smallest absolute Gasteiger partial charge is 0.335 e. The van der Waals surface area contributed by atoms with Gasteiger partial charge in [0, 0.05) is 18.2 Å². The van der Waals surface area contributed by atoms with Gasteiger partial charge in [-0.25, -0.2) is 4.79 Å². The first-order valence-electron chi connectivity index (χ1n) is 7.05. The molecule has 1 aromatic rings. The van der Waals surface area contributed by atoms with E-state index in [1.54, 1.807) is 24.1 Å². The molecule has 1 aliphatic rings. The molecular weight excluding hydrogens is 254 g/mol. The normalized spacial score (nSPS) is 17.5. The molecule has 2 rings (SSSR count). The van der Waals surface area contributed by atoms with Gasteiger partial charge < -0.3 is 10.0 Å². The van der Waals surface area contributed by atoms with Crippen molar-refractivity contribution in [2.75, 3.05) is 11.9 Å². The van der Waals surface area contributed by atoms with Gasteiger partial charge in [0.1, 0.15) is 0 Å². The van der Waals surface area contributed by atoms with Gasteiger partial charge in [0.2, 0.25) is 5.91 Å². The standard InChI is InChI=1S/C16H21NO3/c1-16(10-4-3-5-11-16)15(20)17(2)13-8-6-12(7-9-13)14(18)19/h6-9H,3-5,10-11H2,1-2H3,(H,18,19). The second kappa shape index (κ2) is 5.65. The van der Waals surface area contributed by atoms with Gasteiger partial charge in [-0.05, 0) is 37.1 Å². The van der Waals surface area contributed by atoms with Crippen LogP contribution in [0.1, 0.15) is 49.4 Å². The maximum atomic E-state index is 12.6. The molecule has 1 aliphatic carbocycles. The number of carbonyl (C=O) groups excluding carboxylic acids is 1. The van der Waals surface area contributed by atoms with E-state index in [1.165, 1.54) is 18.6 Å². The van der Waals surface area contributed by atoms with Gasteiger partial charge in [0.05, 0.1) is 5.56 Å². The van der Waals surface area contributed by atoms with Gasteiger partial charge in [0.25, 0.3) is 0 Å². The van der Waals surface area contributed by atoms with Gasteiger partial charge in [-0.2, -0.15) is 0 Å². The van der Waals surface area contributed by atoms with Crippen LogP contribution in [0.15, 0.2) is 24.3 Å². The van der Waals surface area contributed by atoms with Crippen LogP contribution >= 0.6 is 0 Å². The van der Waals surface area contributed by atoms with E-state index in [0.717, 1.165) is 31.4 Å². The molecule has 1 saturated carbocycles. The maximum Gasteiger partial charge on any atom is 0.335 e. The van der Waals surface area contributed by atoms with E-state index in [2.05, 4.69) is 0 Å². The highest BCUT2D eigenvalue weighted by Crippen LogP contribution is 2.38. The third-order valence-corrected chi connectivity index (χ3v) is 4.28. The van der Waals surface area contributed by atoms with Crippen molar-refractivity contribution in [1.82, 2.24) is 0 Å². The SMILES string of the molecule is CN(C(=O)C1(C)CCCCC1)c1ccc(C(=O)O)cc1. The summed E-state index contributed by atoms with van der Waals surface area (Å²) >= 11 is 0. The topological polar surface area (TPSA) is 57.6 Å². The Kier molecular flexibility index (Phi) is 4.12. The Balaban J connectivity index is 2.15. The number of nitrogens with zero attached hydrogens (tertiary/aromatic N) is 1. The third kappa shape index (κ3) is 2.84. The van der Waals surface area contributed by atoms with Crippen LogP contribution in [-0.2, 0) is 4.79 Å². The van der Waals surface area contributed by atoms with Crippen molar-refractivity contribution in [2.45, 2.75) is 39.0 Å². The molecule has 4 heteroatoms. The first-order chi connectivity index (χ1) is 9.44. The second-order valence-corrected chi connectivity index (χ2v) is 5.84. The molecule has 0 heterocycles. The molecular formula is C16H21NO3. The molecule has 20 heavy (non-hydrogen) atoms. The lowest BCUT2D eigenvalue weighted by atomic mass is 9.74. The third-order valence-electron chi connectivity index (χ3n) is 4.28. The zero-order chi connectivity index (χ0) is 14.8. The number of anilines is 1. The number of hydrogen-bond donors (Lipinski definition) is 1. The monoisotopic (exact) mass is 275 g/mol. The fourth-order valence-corrected chi connectivity index (χ4v) is 2.90. The number of benzene rings is 1. The highest BCUT2D eigenvalue weighted by Gasteiger charge is 2.36. The predicted octanol–water partition coefficient (Wildman–Crippen LogP) is 3.32. The van der Waals surface area contributed by atoms with Crippen molar-refractivity contribution in [3.8, 4) is 0 Å². The number of hydrogen-bond acceptors (Lipinski definition) is 2. The molecule has 0 aromatic heterocycles. The van der Waals surface area contributed by atoms with E-state index in [9.17, 15) is 9.59 Å². The van der Waals surface area contributed by atoms with Crippen LogP contribution in [0.2, 0.25) is 0 Å². The molecule has 0 bridgehead atoms. The molecule has 4 nitrogen and oxygen atoms in total. The Bertz CT molecular complexity index is 501. The summed E-state index contributed by atoms with van der Waals surface area (Å²) in [6.07, 6.45) is 5.29. The molecule has 0 spiro atoms. The lowest BCUT2D eigenvalue weighted by Crippen LogP contribution is -2.41. The van der Waals surface area contributed by atoms with Gasteiger partial charge in [0.15, 0.2) is 0 Å². The lowest BCUT2D eigenvalue weighted by molar-refractivity contribution is -0.128. The molecule has 1 fully saturated rings. The van der Waals surface area contributed by atoms with Crippen molar-refractivity contribution >= 4 is 17.6 Å². The molecule has 1 N–H and O–H groups in total. The molecule has 1 aromatic carbocycles. The van der Waals surface area contributed by atoms with Gasteiger partial charge in [-0.1, -0.05) is 26.2 Å². The number of carboxylic acid groups (broad SMARTS) is 1. The quantitative estimate of drug-likeness (QED) is 0.920. The summed E-state index contributed by atoms with van der Waals surface area (Å²) in [4.78, 5) is 25.1. The van der Waals surface area contributed by atoms with E-state index in [0.29, 0.717) is 0 Å². The summed E-state index contributed by atoms with van der Waals surface area (Å²) in [6, 6.07) is 6.44. The fraction of sp³-hybridized carbons (Fsp3) is 0.500. The predicted molar refractivity (Wildman–Crippen MR) is 78.0 cm³/mol. The van der Waals surface area contributed by atoms with Crippen molar-refractivity contribution in [1.29, 1.82) is 0 Å². The number of carbonyl (C=O) groups is 2. The van der Waals surface area contributed by atoms with E-state index in [1.807, 2.05) is 6.92 Å². The van der Waals surface area contributed by atoms with Gasteiger partial charge >= 0.3 is 5.97 Å². The first-order valence-corrected chi connectivity index (χ1v) is 7.05. The molecule has 108 valence electrons. The molecule has 0 aliphatic heterocycles. The van der Waals surface area contributed by atoms with Crippen molar-refractivity contribution in [2.24, 2.45) is 5.41 Å². The van der Waals surface area contributed by atoms with Gasteiger partial charge in [-0.15, -0.1) is 0 Å².